The predicted molar refractivity (Wildman–Crippen MR) is 57.7 cm³/mol. The van der Waals surface area contributed by atoms with Crippen LogP contribution in [-0.4, -0.2) is 19.3 Å². The van der Waals surface area contributed by atoms with E-state index in [9.17, 15) is 0 Å². The first-order valence-corrected chi connectivity index (χ1v) is 5.19. The fraction of sp³-hybridized carbons (Fsp3) is 1.00. The summed E-state index contributed by atoms with van der Waals surface area (Å²) >= 11 is 0. The zero-order valence-electron chi connectivity index (χ0n) is 9.76. The Labute approximate surface area is 82.8 Å². The molecule has 0 aliphatic rings. The quantitative estimate of drug-likeness (QED) is 0.717. The summed E-state index contributed by atoms with van der Waals surface area (Å²) in [6.07, 6.45) is 1.30. The maximum absolute atomic E-state index is 5.74. The van der Waals surface area contributed by atoms with Crippen LogP contribution in [0.5, 0.6) is 0 Å². The molecule has 0 heterocycles. The van der Waals surface area contributed by atoms with Crippen LogP contribution in [0.1, 0.15) is 41.0 Å². The minimum Gasteiger partial charge on any atom is -0.376 e. The van der Waals surface area contributed by atoms with Crippen LogP contribution in [0.3, 0.4) is 0 Å². The summed E-state index contributed by atoms with van der Waals surface area (Å²) in [7, 11) is 0. The van der Waals surface area contributed by atoms with Crippen LogP contribution in [0.4, 0.5) is 0 Å². The molecular formula is C11H25NO. The van der Waals surface area contributed by atoms with E-state index in [0.29, 0.717) is 12.5 Å². The van der Waals surface area contributed by atoms with Gasteiger partial charge in [-0.25, -0.2) is 0 Å². The standard InChI is InChI=1S/C11H25NO/c1-9(2)6-7-13-10(8-12)11(3,4)5/h9-10H,6-8,12H2,1-5H3. The number of hydrogen-bond acceptors (Lipinski definition) is 2. The van der Waals surface area contributed by atoms with Crippen LogP contribution >= 0.6 is 0 Å². The van der Waals surface area contributed by atoms with Gasteiger partial charge < -0.3 is 10.5 Å². The van der Waals surface area contributed by atoms with Crippen molar-refractivity contribution in [2.75, 3.05) is 13.2 Å². The molecule has 0 aromatic rings. The molecule has 0 fully saturated rings. The SMILES string of the molecule is CC(C)CCOC(CN)C(C)(C)C. The molecule has 2 N–H and O–H groups in total. The Balaban J connectivity index is 3.73. The molecular weight excluding hydrogens is 162 g/mol. The van der Waals surface area contributed by atoms with Gasteiger partial charge in [0.25, 0.3) is 0 Å². The minimum atomic E-state index is 0.158. The molecule has 0 amide bonds. The lowest BCUT2D eigenvalue weighted by Crippen LogP contribution is -2.36. The highest BCUT2D eigenvalue weighted by Gasteiger charge is 2.23. The van der Waals surface area contributed by atoms with E-state index in [4.69, 9.17) is 10.5 Å². The monoisotopic (exact) mass is 187 g/mol. The van der Waals surface area contributed by atoms with E-state index in [2.05, 4.69) is 34.6 Å². The molecule has 0 saturated carbocycles. The maximum atomic E-state index is 5.74. The molecule has 2 nitrogen and oxygen atoms in total. The van der Waals surface area contributed by atoms with Crippen LogP contribution in [0, 0.1) is 11.3 Å². The van der Waals surface area contributed by atoms with E-state index in [-0.39, 0.29) is 11.5 Å². The van der Waals surface area contributed by atoms with E-state index in [0.717, 1.165) is 13.0 Å². The first-order valence-electron chi connectivity index (χ1n) is 5.19. The predicted octanol–water partition coefficient (Wildman–Crippen LogP) is 2.42. The Kier molecular flexibility index (Phi) is 5.57. The number of rotatable bonds is 5. The Bertz CT molecular complexity index is 127. The van der Waals surface area contributed by atoms with Gasteiger partial charge in [0.15, 0.2) is 0 Å². The Morgan fingerprint density at radius 3 is 2.08 bits per heavy atom. The van der Waals surface area contributed by atoms with Crippen LogP contribution in [0.2, 0.25) is 0 Å². The second kappa shape index (κ2) is 5.61. The molecule has 0 aliphatic heterocycles. The second-order valence-corrected chi connectivity index (χ2v) is 5.14. The van der Waals surface area contributed by atoms with Gasteiger partial charge in [-0.15, -0.1) is 0 Å². The van der Waals surface area contributed by atoms with Crippen LogP contribution in [0.25, 0.3) is 0 Å². The molecule has 0 spiro atoms. The average Bonchev–Trinajstić information content (AvgIpc) is 1.95. The summed E-state index contributed by atoms with van der Waals surface area (Å²) in [6.45, 7) is 12.4. The van der Waals surface area contributed by atoms with Gasteiger partial charge in [-0.2, -0.15) is 0 Å². The smallest absolute Gasteiger partial charge is 0.0745 e. The summed E-state index contributed by atoms with van der Waals surface area (Å²) in [4.78, 5) is 0. The van der Waals surface area contributed by atoms with Gasteiger partial charge in [0, 0.05) is 13.2 Å². The molecule has 0 saturated heterocycles. The fourth-order valence-electron chi connectivity index (χ4n) is 1.12. The van der Waals surface area contributed by atoms with Crippen LogP contribution in [0.15, 0.2) is 0 Å². The van der Waals surface area contributed by atoms with E-state index >= 15 is 0 Å². The molecule has 80 valence electrons. The highest BCUT2D eigenvalue weighted by atomic mass is 16.5. The van der Waals surface area contributed by atoms with Crippen molar-refractivity contribution in [3.8, 4) is 0 Å². The third-order valence-electron chi connectivity index (χ3n) is 2.19. The number of hydrogen-bond donors (Lipinski definition) is 1. The van der Waals surface area contributed by atoms with Crippen molar-refractivity contribution in [3.05, 3.63) is 0 Å². The third-order valence-corrected chi connectivity index (χ3v) is 2.19. The number of ether oxygens (including phenoxy) is 1. The van der Waals surface area contributed by atoms with E-state index in [1.54, 1.807) is 0 Å². The molecule has 0 aliphatic carbocycles. The molecule has 13 heavy (non-hydrogen) atoms. The molecule has 2 heteroatoms. The second-order valence-electron chi connectivity index (χ2n) is 5.14. The lowest BCUT2D eigenvalue weighted by Gasteiger charge is -2.29. The molecule has 0 bridgehead atoms. The summed E-state index contributed by atoms with van der Waals surface area (Å²) in [6, 6.07) is 0. The van der Waals surface area contributed by atoms with Gasteiger partial charge >= 0.3 is 0 Å². The molecule has 1 atom stereocenters. The summed E-state index contributed by atoms with van der Waals surface area (Å²) in [5, 5.41) is 0. The summed E-state index contributed by atoms with van der Waals surface area (Å²) in [5.74, 6) is 0.707. The lowest BCUT2D eigenvalue weighted by molar-refractivity contribution is -0.0154. The average molecular weight is 187 g/mol. The highest BCUT2D eigenvalue weighted by Crippen LogP contribution is 2.21. The van der Waals surface area contributed by atoms with Crippen LogP contribution < -0.4 is 5.73 Å². The van der Waals surface area contributed by atoms with E-state index in [1.807, 2.05) is 0 Å². The number of nitrogens with two attached hydrogens (primary N) is 1. The van der Waals surface area contributed by atoms with E-state index < -0.39 is 0 Å². The largest absolute Gasteiger partial charge is 0.376 e. The van der Waals surface area contributed by atoms with Crippen molar-refractivity contribution in [3.63, 3.8) is 0 Å². The third kappa shape index (κ3) is 6.05. The first kappa shape index (κ1) is 12.9. The first-order chi connectivity index (χ1) is 5.88. The zero-order chi connectivity index (χ0) is 10.5. The Morgan fingerprint density at radius 1 is 1.23 bits per heavy atom. The van der Waals surface area contributed by atoms with E-state index in [1.165, 1.54) is 0 Å². The topological polar surface area (TPSA) is 35.2 Å². The van der Waals surface area contributed by atoms with Gasteiger partial charge in [-0.1, -0.05) is 34.6 Å². The highest BCUT2D eigenvalue weighted by molar-refractivity contribution is 4.75. The van der Waals surface area contributed by atoms with Crippen molar-refractivity contribution in [1.29, 1.82) is 0 Å². The normalized spacial score (nSPS) is 15.0. The van der Waals surface area contributed by atoms with Crippen molar-refractivity contribution in [1.82, 2.24) is 0 Å². The van der Waals surface area contributed by atoms with Crippen molar-refractivity contribution < 1.29 is 4.74 Å². The fourth-order valence-corrected chi connectivity index (χ4v) is 1.12. The summed E-state index contributed by atoms with van der Waals surface area (Å²) in [5.41, 5.74) is 5.81. The van der Waals surface area contributed by atoms with Gasteiger partial charge in [-0.3, -0.25) is 0 Å². The lowest BCUT2D eigenvalue weighted by atomic mass is 9.89. The van der Waals surface area contributed by atoms with Crippen molar-refractivity contribution in [2.45, 2.75) is 47.1 Å². The Hall–Kier alpha value is -0.0800. The summed E-state index contributed by atoms with van der Waals surface area (Å²) < 4.78 is 5.74. The van der Waals surface area contributed by atoms with Gasteiger partial charge in [0.05, 0.1) is 6.10 Å². The molecule has 0 aromatic carbocycles. The zero-order valence-corrected chi connectivity index (χ0v) is 9.76. The molecule has 0 aromatic heterocycles. The molecule has 1 unspecified atom stereocenters. The van der Waals surface area contributed by atoms with Gasteiger partial charge in [0.2, 0.25) is 0 Å². The molecule has 0 rings (SSSR count). The Morgan fingerprint density at radius 2 is 1.77 bits per heavy atom. The van der Waals surface area contributed by atoms with Crippen LogP contribution in [-0.2, 0) is 4.74 Å². The van der Waals surface area contributed by atoms with Gasteiger partial charge in [-0.05, 0) is 17.8 Å². The molecule has 0 radical (unpaired) electrons. The van der Waals surface area contributed by atoms with Crippen molar-refractivity contribution >= 4 is 0 Å². The van der Waals surface area contributed by atoms with Crippen molar-refractivity contribution in [2.24, 2.45) is 17.1 Å². The maximum Gasteiger partial charge on any atom is 0.0745 e. The minimum absolute atomic E-state index is 0.158. The van der Waals surface area contributed by atoms with Gasteiger partial charge in [0.1, 0.15) is 0 Å².